The number of rotatable bonds is 13. The number of halogens is 1. The van der Waals surface area contributed by atoms with Crippen LogP contribution in [0.25, 0.3) is 6.08 Å². The highest BCUT2D eigenvalue weighted by atomic mass is 79.9. The molecule has 1 heterocycles. The smallest absolute Gasteiger partial charge is 0.266 e. The summed E-state index contributed by atoms with van der Waals surface area (Å²) in [5.41, 5.74) is 7.69. The molecule has 2 aliphatic rings. The average molecular weight is 647 g/mol. The van der Waals surface area contributed by atoms with Crippen molar-refractivity contribution in [2.24, 2.45) is 10.9 Å². The molecule has 8 heteroatoms. The third-order valence-electron chi connectivity index (χ3n) is 8.06. The number of ether oxygens (including phenoxy) is 2. The number of hydrogen-bond acceptors (Lipinski definition) is 6. The maximum Gasteiger partial charge on any atom is 0.266 e. The van der Waals surface area contributed by atoms with Gasteiger partial charge in [-0.1, -0.05) is 89.8 Å². The van der Waals surface area contributed by atoms with E-state index in [1.54, 1.807) is 0 Å². The minimum atomic E-state index is -1.25. The summed E-state index contributed by atoms with van der Waals surface area (Å²) in [6.07, 6.45) is 10.4. The van der Waals surface area contributed by atoms with Gasteiger partial charge >= 0.3 is 0 Å². The first-order chi connectivity index (χ1) is 21.1. The monoisotopic (exact) mass is 645 g/mol. The molecule has 0 aromatic heterocycles. The Bertz CT molecular complexity index is 1370. The molecular formula is C35H40BrN3O4. The standard InChI is InChI=1S/C35H40BrN3O4/c36-30-18-14-28(15-19-30)32-35(22-7-13-26-9-3-1-4-10-26,34(41)39-37-25-27-11-5-2-6-12-27)38-33(43-32)29-16-20-31(21-17-29)42-24-8-23-40/h1,3-4,7,9-10,13-21,27,32,37,40H,2,5-6,8,11-12,22-25H2,(H,39,41)/b13-7+/t32-,35-/m0/s1. The highest BCUT2D eigenvalue weighted by Crippen LogP contribution is 2.43. The van der Waals surface area contributed by atoms with Crippen molar-refractivity contribution in [3.63, 3.8) is 0 Å². The molecule has 7 nitrogen and oxygen atoms in total. The quantitative estimate of drug-likeness (QED) is 0.141. The summed E-state index contributed by atoms with van der Waals surface area (Å²) in [5.74, 6) is 1.43. The van der Waals surface area contributed by atoms with Crippen LogP contribution in [-0.4, -0.2) is 42.2 Å². The first kappa shape index (κ1) is 31.0. The number of benzene rings is 3. The summed E-state index contributed by atoms with van der Waals surface area (Å²) in [7, 11) is 0. The Kier molecular flexibility index (Phi) is 11.0. The van der Waals surface area contributed by atoms with Gasteiger partial charge in [0, 0.05) is 36.0 Å². The van der Waals surface area contributed by atoms with Crippen molar-refractivity contribution in [3.05, 3.63) is 106 Å². The second-order valence-corrected chi connectivity index (χ2v) is 12.1. The summed E-state index contributed by atoms with van der Waals surface area (Å²) in [4.78, 5) is 19.3. The van der Waals surface area contributed by atoms with Crippen molar-refractivity contribution in [2.45, 2.75) is 56.6 Å². The van der Waals surface area contributed by atoms with Crippen molar-refractivity contribution < 1.29 is 19.4 Å². The summed E-state index contributed by atoms with van der Waals surface area (Å²) in [5, 5.41) is 9.05. The fourth-order valence-electron chi connectivity index (χ4n) is 5.67. The molecule has 43 heavy (non-hydrogen) atoms. The molecule has 1 aliphatic heterocycles. The van der Waals surface area contributed by atoms with E-state index in [0.29, 0.717) is 37.0 Å². The number of aliphatic hydroxyl groups excluding tert-OH is 1. The molecule has 3 aromatic carbocycles. The van der Waals surface area contributed by atoms with Crippen molar-refractivity contribution in [1.82, 2.24) is 10.9 Å². The van der Waals surface area contributed by atoms with Crippen LogP contribution < -0.4 is 15.6 Å². The Hall–Kier alpha value is -3.46. The lowest BCUT2D eigenvalue weighted by molar-refractivity contribution is -0.130. The molecular weight excluding hydrogens is 606 g/mol. The van der Waals surface area contributed by atoms with E-state index < -0.39 is 11.6 Å². The third kappa shape index (κ3) is 8.13. The van der Waals surface area contributed by atoms with Crippen LogP contribution in [0.3, 0.4) is 0 Å². The van der Waals surface area contributed by atoms with Gasteiger partial charge in [0.2, 0.25) is 5.90 Å². The van der Waals surface area contributed by atoms with Crippen LogP contribution in [-0.2, 0) is 9.53 Å². The zero-order valence-electron chi connectivity index (χ0n) is 24.4. The topological polar surface area (TPSA) is 92.2 Å². The summed E-state index contributed by atoms with van der Waals surface area (Å²) < 4.78 is 13.2. The van der Waals surface area contributed by atoms with E-state index in [-0.39, 0.29) is 12.5 Å². The fourth-order valence-corrected chi connectivity index (χ4v) is 5.93. The number of nitrogens with zero attached hydrogens (tertiary/aromatic N) is 1. The van der Waals surface area contributed by atoms with E-state index in [1.807, 2.05) is 91.0 Å². The van der Waals surface area contributed by atoms with E-state index in [2.05, 4.69) is 26.8 Å². The van der Waals surface area contributed by atoms with Crippen molar-refractivity contribution in [1.29, 1.82) is 0 Å². The Labute approximate surface area is 262 Å². The molecule has 0 radical (unpaired) electrons. The summed E-state index contributed by atoms with van der Waals surface area (Å²) in [6.45, 7) is 1.25. The van der Waals surface area contributed by atoms with Gasteiger partial charge < -0.3 is 14.6 Å². The van der Waals surface area contributed by atoms with Crippen LogP contribution in [0.4, 0.5) is 0 Å². The second kappa shape index (κ2) is 15.3. The van der Waals surface area contributed by atoms with E-state index in [4.69, 9.17) is 19.6 Å². The molecule has 5 rings (SSSR count). The van der Waals surface area contributed by atoms with Gasteiger partial charge in [-0.2, -0.15) is 0 Å². The average Bonchev–Trinajstić information content (AvgIpc) is 3.43. The molecule has 0 unspecified atom stereocenters. The van der Waals surface area contributed by atoms with Crippen LogP contribution >= 0.6 is 15.9 Å². The first-order valence-electron chi connectivity index (χ1n) is 15.2. The molecule has 2 atom stereocenters. The van der Waals surface area contributed by atoms with E-state index in [9.17, 15) is 4.79 Å². The predicted molar refractivity (Wildman–Crippen MR) is 174 cm³/mol. The van der Waals surface area contributed by atoms with Crippen molar-refractivity contribution in [3.8, 4) is 5.75 Å². The maximum absolute atomic E-state index is 14.2. The highest BCUT2D eigenvalue weighted by Gasteiger charge is 2.52. The Morgan fingerprint density at radius 1 is 1.02 bits per heavy atom. The predicted octanol–water partition coefficient (Wildman–Crippen LogP) is 6.77. The SMILES string of the molecule is O=C(NNCC1CCCCC1)[C@@]1(C/C=C/c2ccccc2)N=C(c2ccc(OCCCO)cc2)O[C@H]1c1ccc(Br)cc1. The zero-order valence-corrected chi connectivity index (χ0v) is 26.0. The largest absolute Gasteiger partial charge is 0.494 e. The number of nitrogens with one attached hydrogen (secondary N) is 2. The molecule has 0 saturated heterocycles. The molecule has 1 fully saturated rings. The number of aliphatic imine (C=N–C) groups is 1. The van der Waals surface area contributed by atoms with Crippen molar-refractivity contribution in [2.75, 3.05) is 19.8 Å². The van der Waals surface area contributed by atoms with Gasteiger partial charge in [-0.15, -0.1) is 0 Å². The number of aliphatic hydroxyl groups is 1. The fraction of sp³-hybridized carbons (Fsp3) is 0.371. The van der Waals surface area contributed by atoms with Gasteiger partial charge in [-0.05, 0) is 66.3 Å². The molecule has 0 spiro atoms. The summed E-state index contributed by atoms with van der Waals surface area (Å²) in [6, 6.07) is 25.4. The molecule has 3 aromatic rings. The van der Waals surface area contributed by atoms with Gasteiger partial charge in [0.05, 0.1) is 6.61 Å². The van der Waals surface area contributed by atoms with Gasteiger partial charge in [0.15, 0.2) is 11.6 Å². The second-order valence-electron chi connectivity index (χ2n) is 11.2. The molecule has 1 amide bonds. The molecule has 1 saturated carbocycles. The molecule has 226 valence electrons. The molecule has 3 N–H and O–H groups in total. The lowest BCUT2D eigenvalue weighted by Gasteiger charge is -2.30. The molecule has 0 bridgehead atoms. The van der Waals surface area contributed by atoms with E-state index in [0.717, 1.165) is 27.7 Å². The molecule has 1 aliphatic carbocycles. The van der Waals surface area contributed by atoms with Gasteiger partial charge in [0.25, 0.3) is 5.91 Å². The zero-order chi connectivity index (χ0) is 29.9. The van der Waals surface area contributed by atoms with Crippen LogP contribution in [0.15, 0.2) is 94.4 Å². The third-order valence-corrected chi connectivity index (χ3v) is 8.59. The van der Waals surface area contributed by atoms with Crippen LogP contribution in [0.5, 0.6) is 5.75 Å². The minimum absolute atomic E-state index is 0.0819. The maximum atomic E-state index is 14.2. The van der Waals surface area contributed by atoms with Gasteiger partial charge in [-0.3, -0.25) is 10.2 Å². The number of hydrazine groups is 1. The lowest BCUT2D eigenvalue weighted by atomic mass is 9.84. The number of hydrogen-bond donors (Lipinski definition) is 3. The Balaban J connectivity index is 1.46. The number of carbonyl (C=O) groups excluding carboxylic acids is 1. The minimum Gasteiger partial charge on any atom is -0.494 e. The van der Waals surface area contributed by atoms with Crippen LogP contribution in [0, 0.1) is 5.92 Å². The summed E-state index contributed by atoms with van der Waals surface area (Å²) >= 11 is 3.53. The van der Waals surface area contributed by atoms with Gasteiger partial charge in [0.1, 0.15) is 5.75 Å². The Morgan fingerprint density at radius 2 is 1.77 bits per heavy atom. The Morgan fingerprint density at radius 3 is 2.49 bits per heavy atom. The van der Waals surface area contributed by atoms with Crippen molar-refractivity contribution >= 4 is 33.8 Å². The van der Waals surface area contributed by atoms with E-state index >= 15 is 0 Å². The van der Waals surface area contributed by atoms with Crippen LogP contribution in [0.2, 0.25) is 0 Å². The lowest BCUT2D eigenvalue weighted by Crippen LogP contribution is -2.53. The number of carbonyl (C=O) groups is 1. The van der Waals surface area contributed by atoms with Gasteiger partial charge in [-0.25, -0.2) is 10.4 Å². The van der Waals surface area contributed by atoms with Crippen LogP contribution in [0.1, 0.15) is 67.7 Å². The van der Waals surface area contributed by atoms with E-state index in [1.165, 1.54) is 32.1 Å². The highest BCUT2D eigenvalue weighted by molar-refractivity contribution is 9.10. The first-order valence-corrected chi connectivity index (χ1v) is 16.0. The normalized spacial score (nSPS) is 20.5. The number of amides is 1.